The van der Waals surface area contributed by atoms with Crippen molar-refractivity contribution in [2.45, 2.75) is 38.0 Å². The van der Waals surface area contributed by atoms with Crippen LogP contribution in [0.3, 0.4) is 0 Å². The van der Waals surface area contributed by atoms with E-state index >= 15 is 0 Å². The molecule has 0 bridgehead atoms. The zero-order valence-corrected chi connectivity index (χ0v) is 14.7. The van der Waals surface area contributed by atoms with Gasteiger partial charge in [-0.2, -0.15) is 5.10 Å². The number of benzene rings is 1. The Kier molecular flexibility index (Phi) is 4.49. The molecule has 2 aromatic rings. The molecule has 2 heterocycles. The van der Waals surface area contributed by atoms with Crippen molar-refractivity contribution < 1.29 is 14.7 Å². The van der Waals surface area contributed by atoms with Gasteiger partial charge in [0.1, 0.15) is 0 Å². The minimum absolute atomic E-state index is 0.0304. The number of carbonyl (C=O) groups excluding carboxylic acids is 1. The van der Waals surface area contributed by atoms with Gasteiger partial charge < -0.3 is 10.0 Å². The van der Waals surface area contributed by atoms with E-state index in [4.69, 9.17) is 5.11 Å². The Morgan fingerprint density at radius 2 is 1.77 bits per heavy atom. The highest BCUT2D eigenvalue weighted by Gasteiger charge is 2.35. The lowest BCUT2D eigenvalue weighted by Crippen LogP contribution is -2.39. The molecule has 0 unspecified atom stereocenters. The summed E-state index contributed by atoms with van der Waals surface area (Å²) in [6, 6.07) is 9.93. The van der Waals surface area contributed by atoms with Crippen LogP contribution in [0.5, 0.6) is 0 Å². The molecular formula is C20H23N3O3. The first-order valence-corrected chi connectivity index (χ1v) is 9.28. The average Bonchev–Trinajstić information content (AvgIpc) is 3.40. The summed E-state index contributed by atoms with van der Waals surface area (Å²) in [4.78, 5) is 25.8. The Bertz CT molecular complexity index is 803. The van der Waals surface area contributed by atoms with Gasteiger partial charge in [-0.15, -0.1) is 0 Å². The molecule has 1 aliphatic carbocycles. The van der Waals surface area contributed by atoms with Gasteiger partial charge in [0.25, 0.3) is 5.91 Å². The van der Waals surface area contributed by atoms with Crippen LogP contribution in [0.1, 0.15) is 54.1 Å². The number of nitrogens with zero attached hydrogens (tertiary/aromatic N) is 3. The smallest absolute Gasteiger partial charge is 0.303 e. The number of carboxylic acid groups (broad SMARTS) is 1. The van der Waals surface area contributed by atoms with Crippen LogP contribution >= 0.6 is 0 Å². The molecular weight excluding hydrogens is 330 g/mol. The van der Waals surface area contributed by atoms with Crippen LogP contribution in [0.25, 0.3) is 5.69 Å². The number of rotatable bonds is 5. The number of likely N-dealkylation sites (tertiary alicyclic amines) is 1. The summed E-state index contributed by atoms with van der Waals surface area (Å²) >= 11 is 0. The third-order valence-corrected chi connectivity index (χ3v) is 5.37. The number of aliphatic carboxylic acids is 1. The van der Waals surface area contributed by atoms with E-state index in [-0.39, 0.29) is 18.2 Å². The average molecular weight is 353 g/mol. The van der Waals surface area contributed by atoms with Crippen LogP contribution in [0, 0.1) is 5.92 Å². The van der Waals surface area contributed by atoms with Crippen molar-refractivity contribution in [3.63, 3.8) is 0 Å². The Balaban J connectivity index is 1.54. The van der Waals surface area contributed by atoms with E-state index in [1.165, 1.54) is 0 Å². The van der Waals surface area contributed by atoms with E-state index in [2.05, 4.69) is 5.10 Å². The van der Waals surface area contributed by atoms with Crippen LogP contribution in [0.4, 0.5) is 0 Å². The quantitative estimate of drug-likeness (QED) is 0.896. The highest BCUT2D eigenvalue weighted by molar-refractivity contribution is 5.95. The monoisotopic (exact) mass is 353 g/mol. The highest BCUT2D eigenvalue weighted by Crippen LogP contribution is 2.42. The first-order chi connectivity index (χ1) is 12.6. The van der Waals surface area contributed by atoms with E-state index < -0.39 is 5.97 Å². The van der Waals surface area contributed by atoms with Crippen LogP contribution in [-0.4, -0.2) is 44.8 Å². The molecule has 136 valence electrons. The van der Waals surface area contributed by atoms with Crippen molar-refractivity contribution in [1.29, 1.82) is 0 Å². The first kappa shape index (κ1) is 16.8. The third kappa shape index (κ3) is 3.36. The first-order valence-electron chi connectivity index (χ1n) is 9.28. The third-order valence-electron chi connectivity index (χ3n) is 5.37. The lowest BCUT2D eigenvalue weighted by molar-refractivity contribution is -0.138. The Hall–Kier alpha value is -2.63. The number of carboxylic acids is 1. The zero-order valence-electron chi connectivity index (χ0n) is 14.7. The molecule has 0 radical (unpaired) electrons. The topological polar surface area (TPSA) is 75.4 Å². The molecule has 26 heavy (non-hydrogen) atoms. The number of piperidine rings is 1. The SMILES string of the molecule is O=C(O)CC1CCN(C(=O)c2cnn(-c3ccccc3)c2C2CC2)CC1. The Morgan fingerprint density at radius 3 is 2.38 bits per heavy atom. The van der Waals surface area contributed by atoms with Gasteiger partial charge in [0, 0.05) is 25.4 Å². The van der Waals surface area contributed by atoms with Gasteiger partial charge in [-0.3, -0.25) is 9.59 Å². The molecule has 6 heteroatoms. The van der Waals surface area contributed by atoms with E-state index in [0.29, 0.717) is 24.6 Å². The van der Waals surface area contributed by atoms with Gasteiger partial charge >= 0.3 is 5.97 Å². The predicted octanol–water partition coefficient (Wildman–Crippen LogP) is 3.08. The molecule has 2 fully saturated rings. The fraction of sp³-hybridized carbons (Fsp3) is 0.450. The van der Waals surface area contributed by atoms with E-state index in [1.807, 2.05) is 39.9 Å². The van der Waals surface area contributed by atoms with E-state index in [0.717, 1.165) is 37.1 Å². The molecule has 0 atom stereocenters. The second-order valence-corrected chi connectivity index (χ2v) is 7.30. The minimum Gasteiger partial charge on any atom is -0.481 e. The molecule has 1 saturated heterocycles. The predicted molar refractivity (Wildman–Crippen MR) is 96.4 cm³/mol. The number of para-hydroxylation sites is 1. The second kappa shape index (κ2) is 6.94. The molecule has 1 aromatic heterocycles. The molecule has 4 rings (SSSR count). The van der Waals surface area contributed by atoms with Crippen LogP contribution in [0.2, 0.25) is 0 Å². The van der Waals surface area contributed by atoms with E-state index in [1.54, 1.807) is 6.20 Å². The van der Waals surface area contributed by atoms with Crippen molar-refractivity contribution in [1.82, 2.24) is 14.7 Å². The van der Waals surface area contributed by atoms with Gasteiger partial charge in [0.05, 0.1) is 23.1 Å². The van der Waals surface area contributed by atoms with Crippen LogP contribution < -0.4 is 0 Å². The lowest BCUT2D eigenvalue weighted by Gasteiger charge is -2.31. The van der Waals surface area contributed by atoms with Crippen molar-refractivity contribution in [2.24, 2.45) is 5.92 Å². The Labute approximate surface area is 152 Å². The fourth-order valence-electron chi connectivity index (χ4n) is 3.80. The van der Waals surface area contributed by atoms with Crippen molar-refractivity contribution in [3.8, 4) is 5.69 Å². The summed E-state index contributed by atoms with van der Waals surface area (Å²) < 4.78 is 1.90. The normalized spacial score (nSPS) is 18.1. The van der Waals surface area contributed by atoms with Crippen molar-refractivity contribution in [2.75, 3.05) is 13.1 Å². The van der Waals surface area contributed by atoms with Gasteiger partial charge in [-0.25, -0.2) is 4.68 Å². The molecule has 6 nitrogen and oxygen atoms in total. The maximum Gasteiger partial charge on any atom is 0.303 e. The summed E-state index contributed by atoms with van der Waals surface area (Å²) in [5.41, 5.74) is 2.70. The number of hydrogen-bond acceptors (Lipinski definition) is 3. The zero-order chi connectivity index (χ0) is 18.1. The maximum atomic E-state index is 13.1. The van der Waals surface area contributed by atoms with Gasteiger partial charge in [-0.05, 0) is 43.7 Å². The minimum atomic E-state index is -0.755. The highest BCUT2D eigenvalue weighted by atomic mass is 16.4. The molecule has 1 amide bonds. The summed E-state index contributed by atoms with van der Waals surface area (Å²) in [6.45, 7) is 1.24. The van der Waals surface area contributed by atoms with Gasteiger partial charge in [-0.1, -0.05) is 18.2 Å². The van der Waals surface area contributed by atoms with Crippen molar-refractivity contribution >= 4 is 11.9 Å². The largest absolute Gasteiger partial charge is 0.481 e. The summed E-state index contributed by atoms with van der Waals surface area (Å²) in [5.74, 6) is -0.148. The van der Waals surface area contributed by atoms with E-state index in [9.17, 15) is 9.59 Å². The summed E-state index contributed by atoms with van der Waals surface area (Å²) in [5, 5.41) is 13.5. The number of aromatic nitrogens is 2. The number of hydrogen-bond donors (Lipinski definition) is 1. The molecule has 1 aliphatic heterocycles. The molecule has 0 spiro atoms. The maximum absolute atomic E-state index is 13.1. The van der Waals surface area contributed by atoms with Crippen LogP contribution in [-0.2, 0) is 4.79 Å². The van der Waals surface area contributed by atoms with Gasteiger partial charge in [0.15, 0.2) is 0 Å². The summed E-state index contributed by atoms with van der Waals surface area (Å²) in [7, 11) is 0. The lowest BCUT2D eigenvalue weighted by atomic mass is 9.93. The van der Waals surface area contributed by atoms with Crippen LogP contribution in [0.15, 0.2) is 36.5 Å². The number of amides is 1. The fourth-order valence-corrected chi connectivity index (χ4v) is 3.80. The second-order valence-electron chi connectivity index (χ2n) is 7.30. The molecule has 1 N–H and O–H groups in total. The molecule has 2 aliphatic rings. The molecule has 1 saturated carbocycles. The standard InChI is InChI=1S/C20H23N3O3/c24-18(25)12-14-8-10-22(11-9-14)20(26)17-13-21-23(19(17)15-6-7-15)16-4-2-1-3-5-16/h1-5,13-15H,6-12H2,(H,24,25). The summed E-state index contributed by atoms with van der Waals surface area (Å²) in [6.07, 6.45) is 5.60. The molecule has 1 aromatic carbocycles. The van der Waals surface area contributed by atoms with Crippen molar-refractivity contribution in [3.05, 3.63) is 47.8 Å². The Morgan fingerprint density at radius 1 is 1.08 bits per heavy atom. The van der Waals surface area contributed by atoms with Gasteiger partial charge in [0.2, 0.25) is 0 Å². The number of carbonyl (C=O) groups is 2.